The van der Waals surface area contributed by atoms with Crippen LogP contribution in [0.15, 0.2) is 91.0 Å². The van der Waals surface area contributed by atoms with Crippen molar-refractivity contribution < 1.29 is 4.79 Å². The van der Waals surface area contributed by atoms with Crippen LogP contribution in [0.1, 0.15) is 57.7 Å². The molecule has 0 heterocycles. The van der Waals surface area contributed by atoms with Crippen LogP contribution in [0.2, 0.25) is 0 Å². The molecule has 3 rings (SSSR count). The summed E-state index contributed by atoms with van der Waals surface area (Å²) in [5.41, 5.74) is 9.77. The van der Waals surface area contributed by atoms with E-state index in [1.165, 1.54) is 0 Å². The Balaban J connectivity index is 1.94. The average molecular weight is 475 g/mol. The second kappa shape index (κ2) is 10.8. The molecular formula is C30H38N2OS. The minimum absolute atomic E-state index is 0.107. The largest absolute Gasteiger partial charge is 0.350 e. The Morgan fingerprint density at radius 3 is 1.50 bits per heavy atom. The van der Waals surface area contributed by atoms with Gasteiger partial charge in [0, 0.05) is 11.3 Å². The number of thioether (sulfide) groups is 1. The highest BCUT2D eigenvalue weighted by Crippen LogP contribution is 2.48. The molecule has 0 saturated carbocycles. The monoisotopic (exact) mass is 474 g/mol. The van der Waals surface area contributed by atoms with Crippen molar-refractivity contribution >= 4 is 17.7 Å². The van der Waals surface area contributed by atoms with Gasteiger partial charge in [0.25, 0.3) is 0 Å². The second-order valence-electron chi connectivity index (χ2n) is 10.8. The molecule has 3 aromatic carbocycles. The number of benzene rings is 3. The molecule has 3 N–H and O–H groups in total. The molecule has 0 spiro atoms. The van der Waals surface area contributed by atoms with Crippen molar-refractivity contribution in [3.63, 3.8) is 0 Å². The van der Waals surface area contributed by atoms with Gasteiger partial charge in [0.05, 0.1) is 10.8 Å². The Hall–Kier alpha value is -2.56. The highest BCUT2D eigenvalue weighted by atomic mass is 32.2. The molecule has 3 nitrogen and oxygen atoms in total. The van der Waals surface area contributed by atoms with Gasteiger partial charge in [-0.25, -0.2) is 0 Å². The summed E-state index contributed by atoms with van der Waals surface area (Å²) >= 11 is 1.72. The molecule has 180 valence electrons. The van der Waals surface area contributed by atoms with Gasteiger partial charge in [-0.2, -0.15) is 0 Å². The highest BCUT2D eigenvalue weighted by Gasteiger charge is 2.38. The molecule has 0 saturated heterocycles. The van der Waals surface area contributed by atoms with E-state index in [-0.39, 0.29) is 16.9 Å². The Bertz CT molecular complexity index is 947. The van der Waals surface area contributed by atoms with Crippen molar-refractivity contribution in [3.05, 3.63) is 108 Å². The molecule has 0 unspecified atom stereocenters. The second-order valence-corrected chi connectivity index (χ2v) is 12.0. The van der Waals surface area contributed by atoms with Crippen LogP contribution in [0.5, 0.6) is 0 Å². The van der Waals surface area contributed by atoms with Crippen molar-refractivity contribution in [2.75, 3.05) is 5.75 Å². The Morgan fingerprint density at radius 1 is 0.765 bits per heavy atom. The van der Waals surface area contributed by atoms with E-state index in [0.717, 1.165) is 23.1 Å². The molecular weight excluding hydrogens is 436 g/mol. The van der Waals surface area contributed by atoms with E-state index in [9.17, 15) is 4.79 Å². The zero-order valence-electron chi connectivity index (χ0n) is 21.0. The first-order valence-electron chi connectivity index (χ1n) is 11.9. The van der Waals surface area contributed by atoms with E-state index in [1.54, 1.807) is 11.8 Å². The summed E-state index contributed by atoms with van der Waals surface area (Å²) in [4.78, 5) is 13.1. The number of carbonyl (C=O) groups is 1. The molecule has 1 amide bonds. The summed E-state index contributed by atoms with van der Waals surface area (Å²) < 4.78 is -0.484. The quantitative estimate of drug-likeness (QED) is 0.354. The molecule has 0 aliphatic carbocycles. The third-order valence-corrected chi connectivity index (χ3v) is 7.46. The van der Waals surface area contributed by atoms with E-state index in [4.69, 9.17) is 5.73 Å². The van der Waals surface area contributed by atoms with Gasteiger partial charge >= 0.3 is 0 Å². The Morgan fingerprint density at radius 2 is 1.15 bits per heavy atom. The van der Waals surface area contributed by atoms with E-state index in [0.29, 0.717) is 5.75 Å². The van der Waals surface area contributed by atoms with Gasteiger partial charge in [-0.05, 0) is 42.4 Å². The summed E-state index contributed by atoms with van der Waals surface area (Å²) in [6.07, 6.45) is 0.869. The fourth-order valence-electron chi connectivity index (χ4n) is 4.86. The summed E-state index contributed by atoms with van der Waals surface area (Å²) in [6, 6.07) is 30.8. The molecule has 0 bridgehead atoms. The SMILES string of the molecule is CC(C)(C)CC(C)(C)NC(=O)[C@@H](N)CSC(c1ccccc1)(c1ccccc1)c1ccccc1. The predicted octanol–water partition coefficient (Wildman–Crippen LogP) is 6.37. The van der Waals surface area contributed by atoms with Crippen LogP contribution in [0.25, 0.3) is 0 Å². The lowest BCUT2D eigenvalue weighted by Gasteiger charge is -2.37. The summed E-state index contributed by atoms with van der Waals surface area (Å²) in [5, 5.41) is 3.19. The van der Waals surface area contributed by atoms with Gasteiger partial charge in [-0.15, -0.1) is 11.8 Å². The Kier molecular flexibility index (Phi) is 8.27. The van der Waals surface area contributed by atoms with Gasteiger partial charge in [0.1, 0.15) is 0 Å². The third-order valence-electron chi connectivity index (χ3n) is 5.79. The maximum Gasteiger partial charge on any atom is 0.238 e. The molecule has 0 aliphatic heterocycles. The van der Waals surface area contributed by atoms with Gasteiger partial charge in [-0.1, -0.05) is 112 Å². The molecule has 4 heteroatoms. The number of carbonyl (C=O) groups excluding carboxylic acids is 1. The number of rotatable bonds is 9. The highest BCUT2D eigenvalue weighted by molar-refractivity contribution is 8.00. The Labute approximate surface area is 209 Å². The van der Waals surface area contributed by atoms with Crippen molar-refractivity contribution in [1.29, 1.82) is 0 Å². The van der Waals surface area contributed by atoms with Crippen LogP contribution in [0, 0.1) is 5.41 Å². The first-order valence-corrected chi connectivity index (χ1v) is 12.9. The normalized spacial score (nSPS) is 13.4. The summed E-state index contributed by atoms with van der Waals surface area (Å²) in [7, 11) is 0. The molecule has 1 atom stereocenters. The number of amides is 1. The van der Waals surface area contributed by atoms with Crippen LogP contribution >= 0.6 is 11.8 Å². The number of hydrogen-bond donors (Lipinski definition) is 2. The third kappa shape index (κ3) is 6.52. The van der Waals surface area contributed by atoms with Gasteiger partial charge in [0.15, 0.2) is 0 Å². The number of nitrogens with two attached hydrogens (primary N) is 1. The van der Waals surface area contributed by atoms with Crippen LogP contribution < -0.4 is 11.1 Å². The summed E-state index contributed by atoms with van der Waals surface area (Å²) in [6.45, 7) is 10.7. The van der Waals surface area contributed by atoms with E-state index >= 15 is 0 Å². The number of hydrogen-bond acceptors (Lipinski definition) is 3. The van der Waals surface area contributed by atoms with Gasteiger partial charge in [-0.3, -0.25) is 4.79 Å². The fourth-order valence-corrected chi connectivity index (χ4v) is 6.34. The molecule has 34 heavy (non-hydrogen) atoms. The van der Waals surface area contributed by atoms with E-state index < -0.39 is 10.8 Å². The van der Waals surface area contributed by atoms with Gasteiger partial charge in [0.2, 0.25) is 5.91 Å². The molecule has 0 aliphatic rings. The number of nitrogens with one attached hydrogen (secondary N) is 1. The van der Waals surface area contributed by atoms with E-state index in [1.807, 2.05) is 18.2 Å². The van der Waals surface area contributed by atoms with Crippen molar-refractivity contribution in [2.45, 2.75) is 57.4 Å². The van der Waals surface area contributed by atoms with Crippen LogP contribution in [0.3, 0.4) is 0 Å². The predicted molar refractivity (Wildman–Crippen MR) is 146 cm³/mol. The van der Waals surface area contributed by atoms with Crippen LogP contribution in [-0.2, 0) is 9.54 Å². The lowest BCUT2D eigenvalue weighted by Crippen LogP contribution is -2.52. The zero-order chi connectivity index (χ0) is 24.8. The van der Waals surface area contributed by atoms with Crippen LogP contribution in [0.4, 0.5) is 0 Å². The first-order chi connectivity index (χ1) is 16.0. The summed E-state index contributed by atoms with van der Waals surface area (Å²) in [5.74, 6) is 0.376. The van der Waals surface area contributed by atoms with Crippen molar-refractivity contribution in [3.8, 4) is 0 Å². The molecule has 3 aromatic rings. The molecule has 0 radical (unpaired) electrons. The van der Waals surface area contributed by atoms with Gasteiger partial charge < -0.3 is 11.1 Å². The van der Waals surface area contributed by atoms with Crippen LogP contribution in [-0.4, -0.2) is 23.2 Å². The smallest absolute Gasteiger partial charge is 0.238 e. The van der Waals surface area contributed by atoms with Crippen molar-refractivity contribution in [1.82, 2.24) is 5.32 Å². The topological polar surface area (TPSA) is 55.1 Å². The van der Waals surface area contributed by atoms with E-state index in [2.05, 4.69) is 113 Å². The zero-order valence-corrected chi connectivity index (χ0v) is 21.9. The lowest BCUT2D eigenvalue weighted by atomic mass is 9.81. The standard InChI is InChI=1S/C30H38N2OS/c1-28(2,3)22-29(4,5)32-27(33)26(31)21-34-30(23-15-9-6-10-16-23,24-17-11-7-12-18-24)25-19-13-8-14-20-25/h6-20,26H,21-22,31H2,1-5H3,(H,32,33)/t26-/m0/s1. The minimum Gasteiger partial charge on any atom is -0.350 e. The molecule has 0 fully saturated rings. The maximum absolute atomic E-state index is 13.1. The van der Waals surface area contributed by atoms with Crippen molar-refractivity contribution in [2.24, 2.45) is 11.1 Å². The molecule has 0 aromatic heterocycles. The lowest BCUT2D eigenvalue weighted by molar-refractivity contribution is -0.123. The average Bonchev–Trinajstić information content (AvgIpc) is 2.79. The minimum atomic E-state index is -0.625. The first kappa shape index (κ1) is 26.1. The maximum atomic E-state index is 13.1. The fraction of sp³-hybridized carbons (Fsp3) is 0.367.